The molecule has 2 aromatic rings. The minimum Gasteiger partial charge on any atom is -0.461 e. The van der Waals surface area contributed by atoms with E-state index in [1.54, 1.807) is 6.07 Å². The van der Waals surface area contributed by atoms with Gasteiger partial charge in [0.25, 0.3) is 0 Å². The quantitative estimate of drug-likeness (QED) is 0.738. The molecular weight excluding hydrogens is 244 g/mol. The van der Waals surface area contributed by atoms with Crippen LogP contribution in [0, 0.1) is 0 Å². The maximum absolute atomic E-state index is 12.2. The molecule has 4 heteroatoms. The molecule has 1 aromatic heterocycles. The highest BCUT2D eigenvalue weighted by Crippen LogP contribution is 2.48. The number of hydrogen-bond donors (Lipinski definition) is 1. The van der Waals surface area contributed by atoms with Crippen LogP contribution >= 0.6 is 0 Å². The van der Waals surface area contributed by atoms with Gasteiger partial charge in [0.05, 0.1) is 10.9 Å². The fraction of sp³-hybridized carbons (Fsp3) is 0.400. The lowest BCUT2D eigenvalue weighted by atomic mass is 9.78. The number of aliphatic hydroxyl groups is 1. The van der Waals surface area contributed by atoms with E-state index in [4.69, 9.17) is 9.15 Å². The summed E-state index contributed by atoms with van der Waals surface area (Å²) < 4.78 is 11.1. The van der Waals surface area contributed by atoms with E-state index >= 15 is 0 Å². The number of benzene rings is 1. The van der Waals surface area contributed by atoms with Crippen LogP contribution in [0.1, 0.15) is 37.2 Å². The van der Waals surface area contributed by atoms with Crippen molar-refractivity contribution in [3.8, 4) is 5.75 Å². The molecule has 0 spiro atoms. The Morgan fingerprint density at radius 2 is 2.16 bits per heavy atom. The average molecular weight is 258 g/mol. The Labute approximate surface area is 109 Å². The van der Waals surface area contributed by atoms with Crippen LogP contribution in [0.4, 0.5) is 0 Å². The Balaban J connectivity index is 2.07. The second-order valence-corrected chi connectivity index (χ2v) is 5.47. The second kappa shape index (κ2) is 3.61. The van der Waals surface area contributed by atoms with E-state index in [0.717, 1.165) is 18.2 Å². The molecule has 0 radical (unpaired) electrons. The van der Waals surface area contributed by atoms with Crippen molar-refractivity contribution in [2.24, 2.45) is 0 Å². The molecule has 1 N–H and O–H groups in total. The minimum atomic E-state index is -1.12. The van der Waals surface area contributed by atoms with E-state index in [9.17, 15) is 9.90 Å². The monoisotopic (exact) mass is 258 g/mol. The molecule has 2 unspecified atom stereocenters. The van der Waals surface area contributed by atoms with Crippen molar-refractivity contribution in [2.45, 2.75) is 37.4 Å². The van der Waals surface area contributed by atoms with Crippen LogP contribution in [0.15, 0.2) is 33.5 Å². The maximum Gasteiger partial charge on any atom is 0.343 e. The number of hydrogen-bond acceptors (Lipinski definition) is 4. The number of para-hydroxylation sites is 1. The van der Waals surface area contributed by atoms with Gasteiger partial charge in [0.15, 0.2) is 0 Å². The van der Waals surface area contributed by atoms with Gasteiger partial charge < -0.3 is 14.3 Å². The van der Waals surface area contributed by atoms with Crippen LogP contribution in [0.2, 0.25) is 0 Å². The molecule has 2 aliphatic rings. The lowest BCUT2D eigenvalue weighted by Crippen LogP contribution is -2.45. The summed E-state index contributed by atoms with van der Waals surface area (Å²) in [7, 11) is 0. The molecule has 1 aliphatic carbocycles. The standard InChI is InChI=1S/C15H14O4/c16-14-12-9-4-3-7-15(17,8-9)19-13(12)10-5-1-2-6-11(10)18-14/h1-2,5-6,9,17H,3-4,7-8H2. The summed E-state index contributed by atoms with van der Waals surface area (Å²) in [6.07, 6.45) is 2.88. The molecule has 1 aliphatic heterocycles. The zero-order valence-corrected chi connectivity index (χ0v) is 10.4. The lowest BCUT2D eigenvalue weighted by Gasteiger charge is -2.41. The molecule has 19 heavy (non-hydrogen) atoms. The Morgan fingerprint density at radius 3 is 3.05 bits per heavy atom. The Bertz CT molecular complexity index is 718. The first-order valence-electron chi connectivity index (χ1n) is 6.63. The smallest absolute Gasteiger partial charge is 0.343 e. The first-order chi connectivity index (χ1) is 9.16. The molecule has 2 bridgehead atoms. The highest BCUT2D eigenvalue weighted by atomic mass is 16.6. The van der Waals surface area contributed by atoms with Gasteiger partial charge in [-0.25, -0.2) is 4.79 Å². The third-order valence-electron chi connectivity index (χ3n) is 4.18. The first kappa shape index (κ1) is 11.1. The van der Waals surface area contributed by atoms with Crippen molar-refractivity contribution in [1.29, 1.82) is 0 Å². The summed E-state index contributed by atoms with van der Waals surface area (Å²) in [5, 5.41) is 11.2. The highest BCUT2D eigenvalue weighted by molar-refractivity contribution is 5.84. The Kier molecular flexibility index (Phi) is 2.10. The van der Waals surface area contributed by atoms with Gasteiger partial charge in [-0.2, -0.15) is 0 Å². The molecular formula is C15H14O4. The zero-order valence-electron chi connectivity index (χ0n) is 10.4. The van der Waals surface area contributed by atoms with Gasteiger partial charge in [-0.15, -0.1) is 0 Å². The molecule has 4 rings (SSSR count). The first-order valence-corrected chi connectivity index (χ1v) is 6.63. The molecule has 1 saturated carbocycles. The molecule has 98 valence electrons. The van der Waals surface area contributed by atoms with Crippen LogP contribution in [-0.4, -0.2) is 10.9 Å². The van der Waals surface area contributed by atoms with Gasteiger partial charge in [-0.05, 0) is 25.0 Å². The minimum absolute atomic E-state index is 0.0448. The van der Waals surface area contributed by atoms with Gasteiger partial charge in [-0.1, -0.05) is 12.1 Å². The summed E-state index contributed by atoms with van der Waals surface area (Å²) in [6, 6.07) is 7.30. The summed E-state index contributed by atoms with van der Waals surface area (Å²) in [4.78, 5) is 12.2. The maximum atomic E-state index is 12.2. The molecule has 1 aromatic carbocycles. The van der Waals surface area contributed by atoms with Gasteiger partial charge in [0.2, 0.25) is 5.79 Å². The predicted octanol–water partition coefficient (Wildman–Crippen LogP) is 2.53. The van der Waals surface area contributed by atoms with Gasteiger partial charge in [-0.3, -0.25) is 0 Å². The Hall–Kier alpha value is -1.81. The van der Waals surface area contributed by atoms with Crippen LogP contribution in [-0.2, 0) is 0 Å². The summed E-state index contributed by atoms with van der Waals surface area (Å²) in [5.74, 6) is -0.555. The largest absolute Gasteiger partial charge is 0.461 e. The van der Waals surface area contributed by atoms with E-state index in [-0.39, 0.29) is 11.5 Å². The highest BCUT2D eigenvalue weighted by Gasteiger charge is 2.44. The zero-order chi connectivity index (χ0) is 13.0. The number of ether oxygens (including phenoxy) is 1. The number of fused-ring (bicyclic) bond motifs is 6. The van der Waals surface area contributed by atoms with Crippen molar-refractivity contribution in [2.75, 3.05) is 0 Å². The van der Waals surface area contributed by atoms with Crippen molar-refractivity contribution in [3.63, 3.8) is 0 Å². The lowest BCUT2D eigenvalue weighted by molar-refractivity contribution is -0.172. The van der Waals surface area contributed by atoms with Crippen LogP contribution in [0.25, 0.3) is 11.0 Å². The normalized spacial score (nSPS) is 28.8. The van der Waals surface area contributed by atoms with Crippen molar-refractivity contribution < 1.29 is 14.3 Å². The Morgan fingerprint density at radius 1 is 1.32 bits per heavy atom. The van der Waals surface area contributed by atoms with Gasteiger partial charge in [0.1, 0.15) is 11.3 Å². The van der Waals surface area contributed by atoms with E-state index < -0.39 is 5.79 Å². The van der Waals surface area contributed by atoms with E-state index in [2.05, 4.69) is 0 Å². The van der Waals surface area contributed by atoms with Crippen molar-refractivity contribution in [3.05, 3.63) is 40.2 Å². The summed E-state index contributed by atoms with van der Waals surface area (Å²) in [5.41, 5.74) is 0.778. The van der Waals surface area contributed by atoms with E-state index in [1.807, 2.05) is 18.2 Å². The third-order valence-corrected chi connectivity index (χ3v) is 4.18. The average Bonchev–Trinajstić information content (AvgIpc) is 2.37. The molecule has 2 atom stereocenters. The van der Waals surface area contributed by atoms with Crippen molar-refractivity contribution >= 4 is 11.0 Å². The molecule has 4 nitrogen and oxygen atoms in total. The number of rotatable bonds is 0. The van der Waals surface area contributed by atoms with E-state index in [0.29, 0.717) is 29.7 Å². The van der Waals surface area contributed by atoms with Gasteiger partial charge in [0, 0.05) is 18.8 Å². The molecule has 2 heterocycles. The van der Waals surface area contributed by atoms with Crippen molar-refractivity contribution in [1.82, 2.24) is 0 Å². The van der Waals surface area contributed by atoms with Crippen LogP contribution in [0.3, 0.4) is 0 Å². The summed E-state index contributed by atoms with van der Waals surface area (Å²) in [6.45, 7) is 0. The predicted molar refractivity (Wildman–Crippen MR) is 69.3 cm³/mol. The second-order valence-electron chi connectivity index (χ2n) is 5.47. The third kappa shape index (κ3) is 1.53. The van der Waals surface area contributed by atoms with Crippen LogP contribution < -0.4 is 10.4 Å². The molecule has 0 saturated heterocycles. The fourth-order valence-electron chi connectivity index (χ4n) is 3.34. The SMILES string of the molecule is O=c1oc2ccccc2c2c1C1CCCC(O)(C1)O2. The fourth-order valence-corrected chi connectivity index (χ4v) is 3.34. The molecule has 1 fully saturated rings. The van der Waals surface area contributed by atoms with Gasteiger partial charge >= 0.3 is 5.63 Å². The van der Waals surface area contributed by atoms with E-state index in [1.165, 1.54) is 0 Å². The molecule has 0 amide bonds. The van der Waals surface area contributed by atoms with Crippen LogP contribution in [0.5, 0.6) is 5.75 Å². The summed E-state index contributed by atoms with van der Waals surface area (Å²) >= 11 is 0. The topological polar surface area (TPSA) is 59.7 Å².